The van der Waals surface area contributed by atoms with Crippen molar-refractivity contribution >= 4 is 5.69 Å². The Balaban J connectivity index is 1.90. The summed E-state index contributed by atoms with van der Waals surface area (Å²) >= 11 is 0. The van der Waals surface area contributed by atoms with Gasteiger partial charge in [0, 0.05) is 37.6 Å². The van der Waals surface area contributed by atoms with Crippen LogP contribution < -0.4 is 11.3 Å². The van der Waals surface area contributed by atoms with E-state index >= 15 is 0 Å². The molecule has 1 saturated carbocycles. The van der Waals surface area contributed by atoms with Crippen LogP contribution in [-0.4, -0.2) is 29.1 Å². The molecule has 94 valence electrons. The Labute approximate surface area is 102 Å². The van der Waals surface area contributed by atoms with Crippen LogP contribution in [0.2, 0.25) is 0 Å². The Kier molecular flexibility index (Phi) is 3.84. The van der Waals surface area contributed by atoms with Crippen LogP contribution in [0, 0.1) is 5.92 Å². The summed E-state index contributed by atoms with van der Waals surface area (Å²) in [4.78, 5) is 14.0. The van der Waals surface area contributed by atoms with Crippen LogP contribution in [0.4, 0.5) is 5.69 Å². The first-order valence-electron chi connectivity index (χ1n) is 6.37. The monoisotopic (exact) mass is 235 g/mol. The van der Waals surface area contributed by atoms with Crippen LogP contribution >= 0.6 is 0 Å². The lowest BCUT2D eigenvalue weighted by atomic mass is 10.3. The average molecular weight is 235 g/mol. The van der Waals surface area contributed by atoms with Crippen LogP contribution in [-0.2, 0) is 6.54 Å². The Morgan fingerprint density at radius 3 is 2.88 bits per heavy atom. The van der Waals surface area contributed by atoms with Crippen LogP contribution in [0.3, 0.4) is 0 Å². The quantitative estimate of drug-likeness (QED) is 0.805. The largest absolute Gasteiger partial charge is 0.398 e. The minimum Gasteiger partial charge on any atom is -0.398 e. The summed E-state index contributed by atoms with van der Waals surface area (Å²) in [6.07, 6.45) is 4.47. The SMILES string of the molecule is CCN(CCn1cc(N)ccc1=O)CC1CC1. The fourth-order valence-corrected chi connectivity index (χ4v) is 2.02. The van der Waals surface area contributed by atoms with Gasteiger partial charge in [-0.3, -0.25) is 4.79 Å². The molecule has 4 heteroatoms. The number of hydrogen-bond donors (Lipinski definition) is 1. The van der Waals surface area contributed by atoms with Gasteiger partial charge >= 0.3 is 0 Å². The standard InChI is InChI=1S/C13H21N3O/c1-2-15(9-11-3-4-11)7-8-16-10-12(14)5-6-13(16)17/h5-6,10-11H,2-4,7-9,14H2,1H3. The molecule has 0 saturated heterocycles. The number of pyridine rings is 1. The Morgan fingerprint density at radius 1 is 1.47 bits per heavy atom. The molecule has 0 aromatic carbocycles. The van der Waals surface area contributed by atoms with Crippen molar-refractivity contribution in [3.63, 3.8) is 0 Å². The fraction of sp³-hybridized carbons (Fsp3) is 0.615. The Bertz CT molecular complexity index is 423. The van der Waals surface area contributed by atoms with Crippen molar-refractivity contribution < 1.29 is 0 Å². The second-order valence-corrected chi connectivity index (χ2v) is 4.83. The van der Waals surface area contributed by atoms with Gasteiger partial charge in [0.05, 0.1) is 0 Å². The van der Waals surface area contributed by atoms with E-state index in [1.165, 1.54) is 25.5 Å². The zero-order chi connectivity index (χ0) is 12.3. The zero-order valence-electron chi connectivity index (χ0n) is 10.4. The van der Waals surface area contributed by atoms with Crippen LogP contribution in [0.1, 0.15) is 19.8 Å². The van der Waals surface area contributed by atoms with E-state index in [1.54, 1.807) is 16.8 Å². The average Bonchev–Trinajstić information content (AvgIpc) is 3.12. The summed E-state index contributed by atoms with van der Waals surface area (Å²) in [6.45, 7) is 6.05. The number of anilines is 1. The number of hydrogen-bond acceptors (Lipinski definition) is 3. The van der Waals surface area contributed by atoms with Crippen molar-refractivity contribution in [3.8, 4) is 0 Å². The highest BCUT2D eigenvalue weighted by Gasteiger charge is 2.23. The molecular formula is C13H21N3O. The second-order valence-electron chi connectivity index (χ2n) is 4.83. The molecule has 0 atom stereocenters. The topological polar surface area (TPSA) is 51.3 Å². The van der Waals surface area contributed by atoms with E-state index < -0.39 is 0 Å². The highest BCUT2D eigenvalue weighted by molar-refractivity contribution is 5.33. The molecule has 0 radical (unpaired) electrons. The van der Waals surface area contributed by atoms with E-state index in [4.69, 9.17) is 5.73 Å². The molecule has 1 heterocycles. The first kappa shape index (κ1) is 12.2. The normalized spacial score (nSPS) is 15.4. The molecule has 1 fully saturated rings. The Morgan fingerprint density at radius 2 is 2.24 bits per heavy atom. The van der Waals surface area contributed by atoms with Crippen LogP contribution in [0.25, 0.3) is 0 Å². The fourth-order valence-electron chi connectivity index (χ4n) is 2.02. The van der Waals surface area contributed by atoms with E-state index in [2.05, 4.69) is 11.8 Å². The van der Waals surface area contributed by atoms with Crippen LogP contribution in [0.5, 0.6) is 0 Å². The summed E-state index contributed by atoms with van der Waals surface area (Å²) in [6, 6.07) is 3.19. The van der Waals surface area contributed by atoms with Crippen molar-refractivity contribution in [2.24, 2.45) is 5.92 Å². The first-order chi connectivity index (χ1) is 8.19. The number of likely N-dealkylation sites (N-methyl/N-ethyl adjacent to an activating group) is 1. The van der Waals surface area contributed by atoms with Gasteiger partial charge in [0.15, 0.2) is 0 Å². The lowest BCUT2D eigenvalue weighted by molar-refractivity contribution is 0.264. The number of rotatable bonds is 6. The molecule has 0 bridgehead atoms. The highest BCUT2D eigenvalue weighted by Crippen LogP contribution is 2.29. The third-order valence-electron chi connectivity index (χ3n) is 3.32. The summed E-state index contributed by atoms with van der Waals surface area (Å²) < 4.78 is 1.70. The second kappa shape index (κ2) is 5.36. The van der Waals surface area contributed by atoms with Gasteiger partial charge < -0.3 is 15.2 Å². The van der Waals surface area contributed by atoms with E-state index in [0.717, 1.165) is 25.6 Å². The molecule has 17 heavy (non-hydrogen) atoms. The molecule has 1 aliphatic rings. The molecule has 1 aromatic rings. The third kappa shape index (κ3) is 3.60. The molecule has 0 spiro atoms. The van der Waals surface area contributed by atoms with E-state index in [0.29, 0.717) is 5.69 Å². The lowest BCUT2D eigenvalue weighted by Gasteiger charge is -2.20. The minimum absolute atomic E-state index is 0.0293. The molecule has 0 amide bonds. The lowest BCUT2D eigenvalue weighted by Crippen LogP contribution is -2.32. The van der Waals surface area contributed by atoms with E-state index in [1.807, 2.05) is 0 Å². The predicted octanol–water partition coefficient (Wildman–Crippen LogP) is 1.16. The maximum atomic E-state index is 11.6. The van der Waals surface area contributed by atoms with Gasteiger partial charge in [-0.05, 0) is 31.4 Å². The molecule has 1 aromatic heterocycles. The van der Waals surface area contributed by atoms with Gasteiger partial charge in [-0.25, -0.2) is 0 Å². The van der Waals surface area contributed by atoms with Crippen molar-refractivity contribution in [3.05, 3.63) is 28.7 Å². The molecular weight excluding hydrogens is 214 g/mol. The minimum atomic E-state index is 0.0293. The summed E-state index contributed by atoms with van der Waals surface area (Å²) in [5.41, 5.74) is 6.36. The van der Waals surface area contributed by atoms with Crippen molar-refractivity contribution in [2.45, 2.75) is 26.3 Å². The molecule has 2 rings (SSSR count). The van der Waals surface area contributed by atoms with Crippen molar-refractivity contribution in [1.82, 2.24) is 9.47 Å². The van der Waals surface area contributed by atoms with Crippen molar-refractivity contribution in [1.29, 1.82) is 0 Å². The van der Waals surface area contributed by atoms with Gasteiger partial charge in [-0.2, -0.15) is 0 Å². The number of aromatic nitrogens is 1. The number of nitrogens with zero attached hydrogens (tertiary/aromatic N) is 2. The maximum Gasteiger partial charge on any atom is 0.250 e. The van der Waals surface area contributed by atoms with E-state index in [9.17, 15) is 4.79 Å². The van der Waals surface area contributed by atoms with Gasteiger partial charge in [0.1, 0.15) is 0 Å². The Hall–Kier alpha value is -1.29. The first-order valence-corrected chi connectivity index (χ1v) is 6.37. The summed E-state index contributed by atoms with van der Waals surface area (Å²) in [5.74, 6) is 0.896. The molecule has 0 aliphatic heterocycles. The summed E-state index contributed by atoms with van der Waals surface area (Å²) in [7, 11) is 0. The molecule has 4 nitrogen and oxygen atoms in total. The number of nitrogens with two attached hydrogens (primary N) is 1. The highest BCUT2D eigenvalue weighted by atomic mass is 16.1. The smallest absolute Gasteiger partial charge is 0.250 e. The molecule has 0 unspecified atom stereocenters. The van der Waals surface area contributed by atoms with Crippen LogP contribution in [0.15, 0.2) is 23.1 Å². The van der Waals surface area contributed by atoms with Gasteiger partial charge in [0.25, 0.3) is 5.56 Å². The molecule has 1 aliphatic carbocycles. The third-order valence-corrected chi connectivity index (χ3v) is 3.32. The maximum absolute atomic E-state index is 11.6. The van der Waals surface area contributed by atoms with Gasteiger partial charge in [0.2, 0.25) is 0 Å². The summed E-state index contributed by atoms with van der Waals surface area (Å²) in [5, 5.41) is 0. The van der Waals surface area contributed by atoms with Gasteiger partial charge in [-0.15, -0.1) is 0 Å². The number of nitrogen functional groups attached to an aromatic ring is 1. The molecule has 2 N–H and O–H groups in total. The zero-order valence-corrected chi connectivity index (χ0v) is 10.4. The van der Waals surface area contributed by atoms with Gasteiger partial charge in [-0.1, -0.05) is 6.92 Å². The van der Waals surface area contributed by atoms with Crippen molar-refractivity contribution in [2.75, 3.05) is 25.4 Å². The predicted molar refractivity (Wildman–Crippen MR) is 70.0 cm³/mol. The van der Waals surface area contributed by atoms with E-state index in [-0.39, 0.29) is 5.56 Å².